The Balaban J connectivity index is 1.88. The van der Waals surface area contributed by atoms with Gasteiger partial charge in [0.25, 0.3) is 5.91 Å². The van der Waals surface area contributed by atoms with Gasteiger partial charge in [0, 0.05) is 56.7 Å². The lowest BCUT2D eigenvalue weighted by Crippen LogP contribution is -2.33. The smallest absolute Gasteiger partial charge is 0.254 e. The molecular formula is C18H25N5O. The van der Waals surface area contributed by atoms with Gasteiger partial charge in [-0.2, -0.15) is 5.10 Å². The number of carbonyl (C=O) groups is 1. The van der Waals surface area contributed by atoms with Crippen molar-refractivity contribution in [1.82, 2.24) is 19.7 Å². The van der Waals surface area contributed by atoms with Crippen LogP contribution in [0.15, 0.2) is 18.3 Å². The minimum absolute atomic E-state index is 0.0747. The van der Waals surface area contributed by atoms with Crippen LogP contribution in [0.2, 0.25) is 0 Å². The number of pyridine rings is 1. The molecule has 2 aromatic rings. The minimum Gasteiger partial charge on any atom is -0.363 e. The first-order valence-electron chi connectivity index (χ1n) is 8.32. The van der Waals surface area contributed by atoms with Gasteiger partial charge in [0.2, 0.25) is 0 Å². The summed E-state index contributed by atoms with van der Waals surface area (Å²) in [6.07, 6.45) is 3.86. The number of anilines is 1. The zero-order chi connectivity index (χ0) is 17.4. The van der Waals surface area contributed by atoms with Gasteiger partial charge < -0.3 is 9.80 Å². The van der Waals surface area contributed by atoms with Crippen molar-refractivity contribution in [3.8, 4) is 0 Å². The van der Waals surface area contributed by atoms with Crippen molar-refractivity contribution in [2.24, 2.45) is 7.05 Å². The van der Waals surface area contributed by atoms with E-state index < -0.39 is 0 Å². The van der Waals surface area contributed by atoms with Crippen LogP contribution in [0.5, 0.6) is 0 Å². The minimum atomic E-state index is 0.0747. The van der Waals surface area contributed by atoms with E-state index in [-0.39, 0.29) is 5.91 Å². The molecule has 1 aliphatic carbocycles. The van der Waals surface area contributed by atoms with Crippen LogP contribution in [-0.4, -0.2) is 45.7 Å². The number of carbonyl (C=O) groups excluding carboxylic acids is 1. The highest BCUT2D eigenvalue weighted by Gasteiger charge is 2.34. The van der Waals surface area contributed by atoms with Gasteiger partial charge in [-0.3, -0.25) is 9.48 Å². The average Bonchev–Trinajstić information content (AvgIpc) is 3.35. The fourth-order valence-electron chi connectivity index (χ4n) is 2.93. The van der Waals surface area contributed by atoms with Gasteiger partial charge in [-0.05, 0) is 38.8 Å². The van der Waals surface area contributed by atoms with E-state index in [9.17, 15) is 4.79 Å². The van der Waals surface area contributed by atoms with Gasteiger partial charge in [0.15, 0.2) is 0 Å². The molecule has 6 heteroatoms. The summed E-state index contributed by atoms with van der Waals surface area (Å²) in [5, 5.41) is 4.47. The second-order valence-corrected chi connectivity index (χ2v) is 6.73. The van der Waals surface area contributed by atoms with Crippen LogP contribution in [0.3, 0.4) is 0 Å². The van der Waals surface area contributed by atoms with Crippen molar-refractivity contribution in [3.63, 3.8) is 0 Å². The Labute approximate surface area is 143 Å². The molecule has 0 aromatic carbocycles. The Hall–Kier alpha value is -2.37. The van der Waals surface area contributed by atoms with E-state index >= 15 is 0 Å². The van der Waals surface area contributed by atoms with Crippen LogP contribution in [0.1, 0.15) is 40.2 Å². The fraction of sp³-hybridized carbons (Fsp3) is 0.500. The molecule has 0 saturated heterocycles. The lowest BCUT2D eigenvalue weighted by molar-refractivity contribution is 0.0729. The summed E-state index contributed by atoms with van der Waals surface area (Å²) >= 11 is 0. The molecule has 1 fully saturated rings. The molecule has 1 amide bonds. The number of hydrogen-bond donors (Lipinski definition) is 0. The summed E-state index contributed by atoms with van der Waals surface area (Å²) in [6.45, 7) is 4.69. The van der Waals surface area contributed by atoms with E-state index in [0.29, 0.717) is 18.2 Å². The number of aryl methyl sites for hydroxylation is 2. The van der Waals surface area contributed by atoms with E-state index in [1.807, 2.05) is 48.6 Å². The largest absolute Gasteiger partial charge is 0.363 e. The summed E-state index contributed by atoms with van der Waals surface area (Å²) < 4.78 is 1.89. The van der Waals surface area contributed by atoms with E-state index in [0.717, 1.165) is 35.6 Å². The van der Waals surface area contributed by atoms with Crippen molar-refractivity contribution in [3.05, 3.63) is 40.8 Å². The SMILES string of the molecule is Cc1nn(C)c(C)c1CN(C(=O)c1ccnc(N(C)C)c1)C1CC1. The third-order valence-electron chi connectivity index (χ3n) is 4.69. The van der Waals surface area contributed by atoms with Crippen LogP contribution in [0.4, 0.5) is 5.82 Å². The Bertz CT molecular complexity index is 761. The molecule has 1 aliphatic rings. The van der Waals surface area contributed by atoms with Gasteiger partial charge in [0.05, 0.1) is 5.69 Å². The van der Waals surface area contributed by atoms with E-state index in [1.165, 1.54) is 0 Å². The molecule has 0 aliphatic heterocycles. The Morgan fingerprint density at radius 2 is 2.04 bits per heavy atom. The quantitative estimate of drug-likeness (QED) is 0.845. The van der Waals surface area contributed by atoms with Crippen LogP contribution >= 0.6 is 0 Å². The van der Waals surface area contributed by atoms with E-state index in [4.69, 9.17) is 0 Å². The molecule has 2 heterocycles. The summed E-state index contributed by atoms with van der Waals surface area (Å²) in [5.41, 5.74) is 3.96. The zero-order valence-electron chi connectivity index (χ0n) is 15.1. The van der Waals surface area contributed by atoms with Crippen molar-refractivity contribution < 1.29 is 4.79 Å². The summed E-state index contributed by atoms with van der Waals surface area (Å²) in [4.78, 5) is 21.3. The normalized spacial score (nSPS) is 13.9. The van der Waals surface area contributed by atoms with E-state index in [1.54, 1.807) is 12.3 Å². The highest BCUT2D eigenvalue weighted by atomic mass is 16.2. The second kappa shape index (κ2) is 6.26. The van der Waals surface area contributed by atoms with Gasteiger partial charge in [-0.25, -0.2) is 4.98 Å². The lowest BCUT2D eigenvalue weighted by atomic mass is 10.1. The first-order chi connectivity index (χ1) is 11.4. The van der Waals surface area contributed by atoms with Crippen LogP contribution in [0, 0.1) is 13.8 Å². The Kier molecular flexibility index (Phi) is 4.30. The van der Waals surface area contributed by atoms with Crippen LogP contribution in [0.25, 0.3) is 0 Å². The summed E-state index contributed by atoms with van der Waals surface area (Å²) in [7, 11) is 5.80. The van der Waals surface area contributed by atoms with Crippen molar-refractivity contribution in [2.75, 3.05) is 19.0 Å². The zero-order valence-corrected chi connectivity index (χ0v) is 15.1. The number of aromatic nitrogens is 3. The lowest BCUT2D eigenvalue weighted by Gasteiger charge is -2.23. The topological polar surface area (TPSA) is 54.3 Å². The molecule has 3 rings (SSSR count). The third-order valence-corrected chi connectivity index (χ3v) is 4.69. The standard InChI is InChI=1S/C18H25N5O/c1-12-16(13(2)22(5)20-12)11-23(15-6-7-15)18(24)14-8-9-19-17(10-14)21(3)4/h8-10,15H,6-7,11H2,1-5H3. The van der Waals surface area contributed by atoms with Crippen molar-refractivity contribution >= 4 is 11.7 Å². The van der Waals surface area contributed by atoms with Crippen LogP contribution in [-0.2, 0) is 13.6 Å². The highest BCUT2D eigenvalue weighted by Crippen LogP contribution is 2.31. The molecule has 128 valence electrons. The Morgan fingerprint density at radius 3 is 2.58 bits per heavy atom. The Morgan fingerprint density at radius 1 is 1.33 bits per heavy atom. The summed E-state index contributed by atoms with van der Waals surface area (Å²) in [6, 6.07) is 4.00. The van der Waals surface area contributed by atoms with Gasteiger partial charge in [-0.1, -0.05) is 0 Å². The first-order valence-corrected chi connectivity index (χ1v) is 8.32. The molecule has 0 unspecified atom stereocenters. The maximum absolute atomic E-state index is 13.1. The molecular weight excluding hydrogens is 302 g/mol. The first kappa shape index (κ1) is 16.5. The van der Waals surface area contributed by atoms with Crippen LogP contribution < -0.4 is 4.90 Å². The predicted molar refractivity (Wildman–Crippen MR) is 94.1 cm³/mol. The number of nitrogens with zero attached hydrogens (tertiary/aromatic N) is 5. The predicted octanol–water partition coefficient (Wildman–Crippen LogP) is 2.30. The highest BCUT2D eigenvalue weighted by molar-refractivity contribution is 5.95. The molecule has 24 heavy (non-hydrogen) atoms. The molecule has 0 atom stereocenters. The molecule has 0 N–H and O–H groups in total. The van der Waals surface area contributed by atoms with Crippen molar-refractivity contribution in [2.45, 2.75) is 39.3 Å². The monoisotopic (exact) mass is 327 g/mol. The molecule has 0 bridgehead atoms. The van der Waals surface area contributed by atoms with Gasteiger partial charge >= 0.3 is 0 Å². The average molecular weight is 327 g/mol. The third kappa shape index (κ3) is 3.13. The number of hydrogen-bond acceptors (Lipinski definition) is 4. The maximum atomic E-state index is 13.1. The molecule has 1 saturated carbocycles. The van der Waals surface area contributed by atoms with Gasteiger partial charge in [-0.15, -0.1) is 0 Å². The molecule has 0 radical (unpaired) electrons. The molecule has 6 nitrogen and oxygen atoms in total. The number of amides is 1. The second-order valence-electron chi connectivity index (χ2n) is 6.73. The number of rotatable bonds is 5. The summed E-state index contributed by atoms with van der Waals surface area (Å²) in [5.74, 6) is 0.871. The maximum Gasteiger partial charge on any atom is 0.254 e. The van der Waals surface area contributed by atoms with E-state index in [2.05, 4.69) is 17.0 Å². The van der Waals surface area contributed by atoms with Crippen molar-refractivity contribution in [1.29, 1.82) is 0 Å². The van der Waals surface area contributed by atoms with Gasteiger partial charge in [0.1, 0.15) is 5.82 Å². The molecule has 2 aromatic heterocycles. The molecule has 0 spiro atoms. The fourth-order valence-corrected chi connectivity index (χ4v) is 2.93.